The Balaban J connectivity index is 1.49. The van der Waals surface area contributed by atoms with E-state index >= 15 is 0 Å². The normalized spacial score (nSPS) is 32.4. The van der Waals surface area contributed by atoms with Crippen LogP contribution in [-0.4, -0.2) is 15.8 Å². The highest BCUT2D eigenvalue weighted by Gasteiger charge is 2.75. The molecule has 0 amide bonds. The van der Waals surface area contributed by atoms with E-state index < -0.39 is 0 Å². The van der Waals surface area contributed by atoms with Crippen molar-refractivity contribution in [2.75, 3.05) is 0 Å². The number of rotatable bonds is 3. The predicted molar refractivity (Wildman–Crippen MR) is 134 cm³/mol. The summed E-state index contributed by atoms with van der Waals surface area (Å²) in [5, 5.41) is 0. The molecule has 2 aliphatic heterocycles. The molecule has 2 fully saturated rings. The number of nitrogens with zero attached hydrogens (tertiary/aromatic N) is 1. The average Bonchev–Trinajstić information content (AvgIpc) is 3.14. The maximum atomic E-state index is 2.91. The van der Waals surface area contributed by atoms with E-state index in [1.807, 2.05) is 0 Å². The third-order valence-electron chi connectivity index (χ3n) is 9.50. The average molecular weight is 425 g/mol. The highest BCUT2D eigenvalue weighted by molar-refractivity contribution is 6.00. The first-order valence-electron chi connectivity index (χ1n) is 12.8. The maximum Gasteiger partial charge on any atom is 0.182 e. The van der Waals surface area contributed by atoms with Crippen LogP contribution < -0.4 is 0 Å². The number of hydrogen-bond donors (Lipinski definition) is 0. The van der Waals surface area contributed by atoms with Crippen LogP contribution in [0.3, 0.4) is 0 Å². The van der Waals surface area contributed by atoms with Gasteiger partial charge in [-0.2, -0.15) is 0 Å². The molecule has 2 aromatic rings. The molecule has 2 heterocycles. The molecule has 0 spiro atoms. The van der Waals surface area contributed by atoms with Crippen molar-refractivity contribution < 1.29 is 4.58 Å². The van der Waals surface area contributed by atoms with Crippen molar-refractivity contribution >= 4 is 5.71 Å². The fourth-order valence-corrected chi connectivity index (χ4v) is 7.68. The molecule has 0 bridgehead atoms. The fraction of sp³-hybridized carbons (Fsp3) is 0.516. The lowest BCUT2D eigenvalue weighted by atomic mass is 9.79. The van der Waals surface area contributed by atoms with Crippen molar-refractivity contribution in [2.24, 2.45) is 0 Å². The lowest BCUT2D eigenvalue weighted by Gasteiger charge is -2.35. The summed E-state index contributed by atoms with van der Waals surface area (Å²) < 4.78 is 2.91. The first kappa shape index (κ1) is 20.5. The molecule has 4 atom stereocenters. The summed E-state index contributed by atoms with van der Waals surface area (Å²) in [5.41, 5.74) is 11.9. The van der Waals surface area contributed by atoms with E-state index in [2.05, 4.69) is 94.7 Å². The zero-order valence-corrected chi connectivity index (χ0v) is 20.7. The Morgan fingerprint density at radius 2 is 1.56 bits per heavy atom. The Morgan fingerprint density at radius 1 is 0.875 bits per heavy atom. The van der Waals surface area contributed by atoms with Crippen LogP contribution in [-0.2, 0) is 5.41 Å². The Labute approximate surface area is 194 Å². The highest BCUT2D eigenvalue weighted by atomic mass is 15.2. The van der Waals surface area contributed by atoms with Gasteiger partial charge in [0.2, 0.25) is 0 Å². The van der Waals surface area contributed by atoms with Crippen LogP contribution in [0.15, 0.2) is 54.1 Å². The molecule has 2 aromatic carbocycles. The number of fused-ring (bicyclic) bond motifs is 7. The molecular weight excluding hydrogens is 386 g/mol. The first-order chi connectivity index (χ1) is 15.3. The van der Waals surface area contributed by atoms with Crippen LogP contribution >= 0.6 is 0 Å². The van der Waals surface area contributed by atoms with Crippen molar-refractivity contribution in [1.82, 2.24) is 0 Å². The summed E-state index contributed by atoms with van der Waals surface area (Å²) in [5.74, 6) is 1.77. The van der Waals surface area contributed by atoms with Gasteiger partial charge in [0.25, 0.3) is 0 Å². The molecule has 0 aromatic heterocycles. The summed E-state index contributed by atoms with van der Waals surface area (Å²) in [6.07, 6.45) is 7.48. The van der Waals surface area contributed by atoms with E-state index in [1.165, 1.54) is 19.3 Å². The molecule has 2 saturated carbocycles. The standard InChI is InChI=1S/C31H38N/c1-19(2)23-11-9-12-24(20(3)4)29(23)22-16-21-14-15-27-25-10-7-8-13-26(25)30(5)18-31(30,6)32(27)28(21)17-22/h7-14,19-20,22,27H,15-18H2,1-6H3/q+1. The van der Waals surface area contributed by atoms with Gasteiger partial charge in [-0.25, -0.2) is 4.58 Å². The lowest BCUT2D eigenvalue weighted by molar-refractivity contribution is -0.627. The topological polar surface area (TPSA) is 3.01 Å². The molecule has 166 valence electrons. The highest BCUT2D eigenvalue weighted by Crippen LogP contribution is 2.66. The van der Waals surface area contributed by atoms with Crippen LogP contribution in [0, 0.1) is 0 Å². The Kier molecular flexibility index (Phi) is 4.27. The summed E-state index contributed by atoms with van der Waals surface area (Å²) in [6, 6.07) is 16.9. The van der Waals surface area contributed by atoms with Crippen molar-refractivity contribution in [3.8, 4) is 0 Å². The quantitative estimate of drug-likeness (QED) is 0.443. The molecule has 4 aliphatic rings. The maximum absolute atomic E-state index is 2.91. The number of hydrogen-bond acceptors (Lipinski definition) is 0. The molecule has 2 aliphatic carbocycles. The molecule has 0 radical (unpaired) electrons. The van der Waals surface area contributed by atoms with Crippen molar-refractivity contribution in [2.45, 2.75) is 102 Å². The van der Waals surface area contributed by atoms with E-state index in [9.17, 15) is 0 Å². The van der Waals surface area contributed by atoms with Crippen molar-refractivity contribution in [1.29, 1.82) is 0 Å². The van der Waals surface area contributed by atoms with Gasteiger partial charge >= 0.3 is 0 Å². The van der Waals surface area contributed by atoms with E-state index in [4.69, 9.17) is 0 Å². The van der Waals surface area contributed by atoms with Crippen LogP contribution in [0.4, 0.5) is 0 Å². The Bertz CT molecular complexity index is 1150. The minimum absolute atomic E-state index is 0.272. The van der Waals surface area contributed by atoms with Gasteiger partial charge in [0.1, 0.15) is 0 Å². The number of benzene rings is 2. The van der Waals surface area contributed by atoms with Gasteiger partial charge in [-0.1, -0.05) is 76.2 Å². The molecule has 32 heavy (non-hydrogen) atoms. The zero-order valence-electron chi connectivity index (χ0n) is 20.7. The van der Waals surface area contributed by atoms with Crippen LogP contribution in [0.2, 0.25) is 0 Å². The zero-order chi connectivity index (χ0) is 22.4. The first-order valence-corrected chi connectivity index (χ1v) is 12.8. The fourth-order valence-electron chi connectivity index (χ4n) is 7.68. The van der Waals surface area contributed by atoms with Crippen LogP contribution in [0.1, 0.15) is 119 Å². The van der Waals surface area contributed by atoms with Crippen molar-refractivity contribution in [3.63, 3.8) is 0 Å². The van der Waals surface area contributed by atoms with Crippen LogP contribution in [0.25, 0.3) is 0 Å². The van der Waals surface area contributed by atoms with Gasteiger partial charge in [-0.05, 0) is 53.4 Å². The van der Waals surface area contributed by atoms with Gasteiger partial charge in [0.05, 0.1) is 5.41 Å². The summed E-state index contributed by atoms with van der Waals surface area (Å²) in [4.78, 5) is 0. The smallest absolute Gasteiger partial charge is 0.182 e. The molecule has 1 nitrogen and oxygen atoms in total. The van der Waals surface area contributed by atoms with Gasteiger partial charge in [-0.3, -0.25) is 0 Å². The molecule has 6 rings (SSSR count). The third-order valence-corrected chi connectivity index (χ3v) is 9.50. The van der Waals surface area contributed by atoms with Gasteiger partial charge in [0, 0.05) is 37.3 Å². The summed E-state index contributed by atoms with van der Waals surface area (Å²) in [7, 11) is 0. The van der Waals surface area contributed by atoms with Gasteiger partial charge in [0.15, 0.2) is 17.3 Å². The summed E-state index contributed by atoms with van der Waals surface area (Å²) in [6.45, 7) is 14.5. The largest absolute Gasteiger partial charge is 0.220 e. The Morgan fingerprint density at radius 3 is 2.25 bits per heavy atom. The third kappa shape index (κ3) is 2.54. The second-order valence-electron chi connectivity index (χ2n) is 11.9. The monoisotopic (exact) mass is 424 g/mol. The second kappa shape index (κ2) is 6.69. The predicted octanol–water partition coefficient (Wildman–Crippen LogP) is 7.77. The summed E-state index contributed by atoms with van der Waals surface area (Å²) >= 11 is 0. The van der Waals surface area contributed by atoms with Gasteiger partial charge < -0.3 is 0 Å². The van der Waals surface area contributed by atoms with E-state index in [0.29, 0.717) is 29.2 Å². The van der Waals surface area contributed by atoms with E-state index in [-0.39, 0.29) is 5.54 Å². The molecule has 4 unspecified atom stereocenters. The molecule has 0 saturated heterocycles. The molecular formula is C31H38N+. The Hall–Kier alpha value is -2.15. The number of allylic oxidation sites excluding steroid dienone is 1. The molecule has 1 heteroatoms. The minimum atomic E-state index is 0.272. The second-order valence-corrected chi connectivity index (χ2v) is 11.9. The van der Waals surface area contributed by atoms with Crippen LogP contribution in [0.5, 0.6) is 0 Å². The molecule has 0 N–H and O–H groups in total. The SMILES string of the molecule is CC(C)c1cccc(C(C)C)c1C1CC2=CCC3c4ccccc4C4(C)CC4(C)[N+]3=C2C1. The lowest BCUT2D eigenvalue weighted by Crippen LogP contribution is -2.44. The van der Waals surface area contributed by atoms with E-state index in [0.717, 1.165) is 6.42 Å². The van der Waals surface area contributed by atoms with Crippen molar-refractivity contribution in [3.05, 3.63) is 81.9 Å². The van der Waals surface area contributed by atoms with Gasteiger partial charge in [-0.15, -0.1) is 0 Å². The van der Waals surface area contributed by atoms with E-state index in [1.54, 1.807) is 39.1 Å². The minimum Gasteiger partial charge on any atom is -0.220 e.